The Morgan fingerprint density at radius 2 is 2.00 bits per heavy atom. The van der Waals surface area contributed by atoms with Crippen LogP contribution in [0.5, 0.6) is 0 Å². The van der Waals surface area contributed by atoms with Crippen LogP contribution in [-0.4, -0.2) is 40.4 Å². The predicted octanol–water partition coefficient (Wildman–Crippen LogP) is 3.21. The number of anilines is 1. The highest BCUT2D eigenvalue weighted by molar-refractivity contribution is 7.10. The Bertz CT molecular complexity index is 1140. The summed E-state index contributed by atoms with van der Waals surface area (Å²) in [6, 6.07) is 6.92. The van der Waals surface area contributed by atoms with Crippen molar-refractivity contribution in [3.8, 4) is 11.1 Å². The molecule has 0 spiro atoms. The standard InChI is InChI=1S/C21H23FN6OS/c1-20(17-10-14(11-30-17)13-5-6-15(22)16(9-13)24-3)21(2,28-8-7-25-12-28)18(29)27(4)19(23)26-20/h5-12,24H,1-4H3,(H2,23,26)/t20-,21?/m1/s1. The Morgan fingerprint density at radius 3 is 2.67 bits per heavy atom. The van der Waals surface area contributed by atoms with Gasteiger partial charge in [0.1, 0.15) is 11.4 Å². The van der Waals surface area contributed by atoms with Gasteiger partial charge in [0.05, 0.1) is 12.0 Å². The number of amides is 1. The minimum absolute atomic E-state index is 0.161. The second-order valence-corrected chi connectivity index (χ2v) is 8.50. The fourth-order valence-electron chi connectivity index (χ4n) is 3.87. The number of carbonyl (C=O) groups excluding carboxylic acids is 1. The number of hydrogen-bond acceptors (Lipinski definition) is 6. The third-order valence-corrected chi connectivity index (χ3v) is 7.16. The van der Waals surface area contributed by atoms with Crippen molar-refractivity contribution in [3.05, 3.63) is 59.1 Å². The molecule has 156 valence electrons. The molecule has 30 heavy (non-hydrogen) atoms. The highest BCUT2D eigenvalue weighted by Gasteiger charge is 2.58. The first kappa shape index (κ1) is 20.1. The molecule has 0 aliphatic carbocycles. The molecule has 1 unspecified atom stereocenters. The molecule has 0 bridgehead atoms. The van der Waals surface area contributed by atoms with E-state index in [1.165, 1.54) is 22.3 Å². The Morgan fingerprint density at radius 1 is 1.23 bits per heavy atom. The van der Waals surface area contributed by atoms with Crippen molar-refractivity contribution < 1.29 is 9.18 Å². The summed E-state index contributed by atoms with van der Waals surface area (Å²) in [6.45, 7) is 3.75. The van der Waals surface area contributed by atoms with E-state index >= 15 is 0 Å². The number of nitrogens with two attached hydrogens (primary N) is 1. The highest BCUT2D eigenvalue weighted by atomic mass is 32.1. The third kappa shape index (κ3) is 2.72. The molecule has 0 radical (unpaired) electrons. The number of halogens is 1. The maximum absolute atomic E-state index is 13.9. The van der Waals surface area contributed by atoms with E-state index < -0.39 is 11.1 Å². The lowest BCUT2D eigenvalue weighted by molar-refractivity contribution is -0.140. The SMILES string of the molecule is CNc1cc(-c2csc([C@@]3(C)N=C(N)N(C)C(=O)C3(C)n3ccnc3)c2)ccc1F. The molecule has 3 aromatic rings. The van der Waals surface area contributed by atoms with Gasteiger partial charge in [0.2, 0.25) is 0 Å². The molecule has 0 saturated carbocycles. The van der Waals surface area contributed by atoms with E-state index in [1.807, 2.05) is 25.3 Å². The molecule has 2 aromatic heterocycles. The van der Waals surface area contributed by atoms with Gasteiger partial charge in [0, 0.05) is 31.4 Å². The number of carbonyl (C=O) groups is 1. The zero-order valence-electron chi connectivity index (χ0n) is 17.2. The summed E-state index contributed by atoms with van der Waals surface area (Å²) < 4.78 is 15.7. The van der Waals surface area contributed by atoms with Gasteiger partial charge in [-0.1, -0.05) is 6.07 Å². The molecule has 9 heteroatoms. The lowest BCUT2D eigenvalue weighted by Crippen LogP contribution is -2.64. The number of nitrogens with one attached hydrogen (secondary N) is 1. The normalized spacial score (nSPS) is 24.1. The maximum atomic E-state index is 13.9. The lowest BCUT2D eigenvalue weighted by atomic mass is 9.75. The molecule has 3 heterocycles. The summed E-state index contributed by atoms with van der Waals surface area (Å²) in [5, 5.41) is 4.84. The van der Waals surface area contributed by atoms with Crippen molar-refractivity contribution in [1.29, 1.82) is 0 Å². The molecule has 7 nitrogen and oxygen atoms in total. The zero-order valence-corrected chi connectivity index (χ0v) is 18.0. The molecular formula is C21H23FN6OS. The minimum Gasteiger partial charge on any atom is -0.386 e. The number of benzene rings is 1. The Balaban J connectivity index is 1.87. The number of aromatic nitrogens is 2. The molecule has 1 aliphatic heterocycles. The van der Waals surface area contributed by atoms with E-state index in [1.54, 1.807) is 49.5 Å². The average Bonchev–Trinajstić information content (AvgIpc) is 3.44. The average molecular weight is 427 g/mol. The largest absolute Gasteiger partial charge is 0.386 e. The van der Waals surface area contributed by atoms with Crippen LogP contribution in [0.1, 0.15) is 18.7 Å². The van der Waals surface area contributed by atoms with Crippen LogP contribution >= 0.6 is 11.3 Å². The molecule has 4 rings (SSSR count). The van der Waals surface area contributed by atoms with Crippen LogP contribution in [0.3, 0.4) is 0 Å². The van der Waals surface area contributed by atoms with Crippen LogP contribution in [0.2, 0.25) is 0 Å². The first-order valence-electron chi connectivity index (χ1n) is 9.41. The number of guanidine groups is 1. The van der Waals surface area contributed by atoms with Gasteiger partial charge >= 0.3 is 0 Å². The molecule has 0 fully saturated rings. The van der Waals surface area contributed by atoms with Gasteiger partial charge in [-0.05, 0) is 48.6 Å². The fraction of sp³-hybridized carbons (Fsp3) is 0.286. The Kier molecular flexibility index (Phi) is 4.65. The Labute approximate surface area is 178 Å². The Hall–Kier alpha value is -3.20. The van der Waals surface area contributed by atoms with Gasteiger partial charge in [-0.3, -0.25) is 9.69 Å². The number of thiophene rings is 1. The van der Waals surface area contributed by atoms with Crippen LogP contribution in [0, 0.1) is 5.82 Å². The quantitative estimate of drug-likeness (QED) is 0.671. The summed E-state index contributed by atoms with van der Waals surface area (Å²) in [5.41, 5.74) is 6.29. The van der Waals surface area contributed by atoms with E-state index in [4.69, 9.17) is 10.7 Å². The second kappa shape index (κ2) is 6.94. The van der Waals surface area contributed by atoms with Gasteiger partial charge in [0.25, 0.3) is 5.91 Å². The minimum atomic E-state index is -1.07. The second-order valence-electron chi connectivity index (χ2n) is 7.59. The summed E-state index contributed by atoms with van der Waals surface area (Å²) in [7, 11) is 3.30. The van der Waals surface area contributed by atoms with Crippen molar-refractivity contribution in [2.45, 2.75) is 24.9 Å². The van der Waals surface area contributed by atoms with Crippen LogP contribution in [0.4, 0.5) is 10.1 Å². The first-order chi connectivity index (χ1) is 14.2. The van der Waals surface area contributed by atoms with E-state index in [9.17, 15) is 9.18 Å². The number of imidazole rings is 1. The summed E-state index contributed by atoms with van der Waals surface area (Å²) in [4.78, 5) is 24.6. The number of nitrogens with zero attached hydrogens (tertiary/aromatic N) is 4. The molecule has 3 N–H and O–H groups in total. The molecule has 1 aliphatic rings. The number of aliphatic imine (C=N–C) groups is 1. The molecule has 1 amide bonds. The highest BCUT2D eigenvalue weighted by Crippen LogP contribution is 2.48. The van der Waals surface area contributed by atoms with Crippen molar-refractivity contribution >= 4 is 28.9 Å². The maximum Gasteiger partial charge on any atom is 0.257 e. The van der Waals surface area contributed by atoms with Crippen LogP contribution in [0.25, 0.3) is 11.1 Å². The molecule has 2 atom stereocenters. The van der Waals surface area contributed by atoms with E-state index in [2.05, 4.69) is 10.3 Å². The summed E-state index contributed by atoms with van der Waals surface area (Å²) in [5.74, 6) is -0.325. The van der Waals surface area contributed by atoms with E-state index in [-0.39, 0.29) is 17.7 Å². The van der Waals surface area contributed by atoms with Crippen molar-refractivity contribution in [2.75, 3.05) is 19.4 Å². The van der Waals surface area contributed by atoms with Crippen LogP contribution in [0.15, 0.2) is 53.4 Å². The van der Waals surface area contributed by atoms with E-state index in [0.29, 0.717) is 5.69 Å². The van der Waals surface area contributed by atoms with Crippen LogP contribution in [-0.2, 0) is 15.9 Å². The third-order valence-electron chi connectivity index (χ3n) is 6.02. The monoisotopic (exact) mass is 426 g/mol. The van der Waals surface area contributed by atoms with Gasteiger partial charge in [0.15, 0.2) is 11.5 Å². The van der Waals surface area contributed by atoms with Crippen molar-refractivity contribution in [2.24, 2.45) is 10.7 Å². The van der Waals surface area contributed by atoms with Gasteiger partial charge < -0.3 is 15.6 Å². The van der Waals surface area contributed by atoms with Gasteiger partial charge in [-0.15, -0.1) is 11.3 Å². The smallest absolute Gasteiger partial charge is 0.257 e. The van der Waals surface area contributed by atoms with Crippen molar-refractivity contribution in [1.82, 2.24) is 14.5 Å². The number of likely N-dealkylation sites (N-methyl/N-ethyl adjacent to an activating group) is 1. The number of rotatable bonds is 4. The van der Waals surface area contributed by atoms with Gasteiger partial charge in [-0.25, -0.2) is 14.4 Å². The summed E-state index contributed by atoms with van der Waals surface area (Å²) in [6.07, 6.45) is 5.02. The topological polar surface area (TPSA) is 88.5 Å². The van der Waals surface area contributed by atoms with Crippen LogP contribution < -0.4 is 11.1 Å². The van der Waals surface area contributed by atoms with Gasteiger partial charge in [-0.2, -0.15) is 0 Å². The first-order valence-corrected chi connectivity index (χ1v) is 10.3. The fourth-order valence-corrected chi connectivity index (χ4v) is 5.00. The van der Waals surface area contributed by atoms with E-state index in [0.717, 1.165) is 16.0 Å². The number of hydrogen-bond donors (Lipinski definition) is 2. The summed E-state index contributed by atoms with van der Waals surface area (Å²) >= 11 is 1.49. The molecular weight excluding hydrogens is 403 g/mol. The lowest BCUT2D eigenvalue weighted by Gasteiger charge is -2.47. The zero-order chi connectivity index (χ0) is 21.7. The molecule has 0 saturated heterocycles. The molecule has 1 aromatic carbocycles. The predicted molar refractivity (Wildman–Crippen MR) is 117 cm³/mol. The van der Waals surface area contributed by atoms with Crippen molar-refractivity contribution in [3.63, 3.8) is 0 Å².